The summed E-state index contributed by atoms with van der Waals surface area (Å²) in [4.78, 5) is 32.8. The molecule has 0 saturated carbocycles. The van der Waals surface area contributed by atoms with E-state index in [9.17, 15) is 9.59 Å². The summed E-state index contributed by atoms with van der Waals surface area (Å²) in [6.07, 6.45) is 3.53. The molecular formula is C30H28N4O4. The van der Waals surface area contributed by atoms with Crippen molar-refractivity contribution in [2.45, 2.75) is 45.3 Å². The number of amides is 1. The molecule has 2 heterocycles. The second-order valence-corrected chi connectivity index (χ2v) is 9.47. The number of carboxylic acids is 1. The lowest BCUT2D eigenvalue weighted by molar-refractivity contribution is -0.141. The maximum atomic E-state index is 13.0. The van der Waals surface area contributed by atoms with E-state index in [1.165, 1.54) is 5.01 Å². The minimum atomic E-state index is -1.02. The van der Waals surface area contributed by atoms with Crippen molar-refractivity contribution in [3.63, 3.8) is 0 Å². The van der Waals surface area contributed by atoms with E-state index in [2.05, 4.69) is 15.1 Å². The third-order valence-electron chi connectivity index (χ3n) is 6.37. The Labute approximate surface area is 220 Å². The van der Waals surface area contributed by atoms with Gasteiger partial charge >= 0.3 is 5.97 Å². The number of fused-ring (bicyclic) bond motifs is 1. The van der Waals surface area contributed by atoms with Crippen LogP contribution in [0, 0.1) is 0 Å². The number of rotatable bonds is 8. The number of nitrogens with zero attached hydrogens (tertiary/aromatic N) is 4. The van der Waals surface area contributed by atoms with E-state index in [-0.39, 0.29) is 30.9 Å². The SMILES string of the molecule is CC(C)Oc1ccc(-c2ccc(C3=NN(C(=O)CCC(=O)O)C(c4ccc5nccnc5c4)C3)cc2)cc1. The topological polar surface area (TPSA) is 105 Å². The number of carbonyl (C=O) groups is 2. The van der Waals surface area contributed by atoms with Gasteiger partial charge in [-0.1, -0.05) is 42.5 Å². The standard InChI is InChI=1S/C30H28N4O4/c1-19(2)38-24-10-7-21(8-11-24)20-3-5-22(6-4-20)26-18-28(34(33-26)29(35)13-14-30(36)37)23-9-12-25-27(17-23)32-16-15-31-25/h3-12,15-17,19,28H,13-14,18H2,1-2H3,(H,36,37). The third kappa shape index (κ3) is 5.54. The molecule has 1 aliphatic heterocycles. The molecule has 1 unspecified atom stereocenters. The van der Waals surface area contributed by atoms with Crippen LogP contribution in [0.1, 0.15) is 50.3 Å². The van der Waals surface area contributed by atoms with Gasteiger partial charge in [0.1, 0.15) is 5.75 Å². The van der Waals surface area contributed by atoms with E-state index in [0.717, 1.165) is 44.7 Å². The van der Waals surface area contributed by atoms with E-state index in [1.54, 1.807) is 12.4 Å². The highest BCUT2D eigenvalue weighted by molar-refractivity contribution is 6.03. The van der Waals surface area contributed by atoms with Crippen LogP contribution in [0.5, 0.6) is 5.75 Å². The van der Waals surface area contributed by atoms with Crippen molar-refractivity contribution in [2.75, 3.05) is 0 Å². The number of hydrogen-bond donors (Lipinski definition) is 1. The summed E-state index contributed by atoms with van der Waals surface area (Å²) in [5, 5.41) is 15.2. The summed E-state index contributed by atoms with van der Waals surface area (Å²) in [5.41, 5.74) is 6.17. The molecule has 3 aromatic carbocycles. The Morgan fingerprint density at radius 3 is 2.18 bits per heavy atom. The number of aromatic nitrogens is 2. The van der Waals surface area contributed by atoms with Gasteiger partial charge in [-0.15, -0.1) is 0 Å². The maximum Gasteiger partial charge on any atom is 0.303 e. The van der Waals surface area contributed by atoms with Gasteiger partial charge in [0.05, 0.1) is 35.3 Å². The van der Waals surface area contributed by atoms with E-state index in [0.29, 0.717) is 6.42 Å². The number of aliphatic carboxylic acids is 1. The summed E-state index contributed by atoms with van der Waals surface area (Å²) in [6, 6.07) is 21.4. The first kappa shape index (κ1) is 25.1. The molecule has 38 heavy (non-hydrogen) atoms. The Morgan fingerprint density at radius 2 is 1.53 bits per heavy atom. The largest absolute Gasteiger partial charge is 0.491 e. The van der Waals surface area contributed by atoms with Crippen molar-refractivity contribution in [3.05, 3.63) is 90.3 Å². The number of carbonyl (C=O) groups excluding carboxylic acids is 1. The number of hydrazone groups is 1. The van der Waals surface area contributed by atoms with Gasteiger partial charge in [0.15, 0.2) is 0 Å². The molecule has 8 nitrogen and oxygen atoms in total. The first-order valence-electron chi connectivity index (χ1n) is 12.6. The van der Waals surface area contributed by atoms with Crippen molar-refractivity contribution < 1.29 is 19.4 Å². The van der Waals surface area contributed by atoms with Crippen LogP contribution in [-0.2, 0) is 9.59 Å². The van der Waals surface area contributed by atoms with Gasteiger partial charge in [0.2, 0.25) is 5.91 Å². The normalized spacial score (nSPS) is 15.1. The predicted octanol–water partition coefficient (Wildman–Crippen LogP) is 5.63. The fraction of sp³-hybridized carbons (Fsp3) is 0.233. The van der Waals surface area contributed by atoms with Gasteiger partial charge in [0.25, 0.3) is 0 Å². The van der Waals surface area contributed by atoms with Gasteiger partial charge in [-0.2, -0.15) is 5.10 Å². The van der Waals surface area contributed by atoms with Crippen molar-refractivity contribution in [2.24, 2.45) is 5.10 Å². The van der Waals surface area contributed by atoms with Crippen molar-refractivity contribution >= 4 is 28.6 Å². The quantitative estimate of drug-likeness (QED) is 0.331. The Bertz CT molecular complexity index is 1500. The first-order chi connectivity index (χ1) is 18.4. The fourth-order valence-corrected chi connectivity index (χ4v) is 4.54. The third-order valence-corrected chi connectivity index (χ3v) is 6.37. The smallest absolute Gasteiger partial charge is 0.303 e. The van der Waals surface area contributed by atoms with E-state index in [1.807, 2.05) is 80.6 Å². The molecule has 0 saturated heterocycles. The van der Waals surface area contributed by atoms with Gasteiger partial charge < -0.3 is 9.84 Å². The van der Waals surface area contributed by atoms with Crippen LogP contribution in [-0.4, -0.2) is 43.8 Å². The molecule has 1 aliphatic rings. The lowest BCUT2D eigenvalue weighted by Gasteiger charge is -2.22. The molecule has 8 heteroatoms. The Morgan fingerprint density at radius 1 is 0.895 bits per heavy atom. The molecule has 0 bridgehead atoms. The van der Waals surface area contributed by atoms with E-state index >= 15 is 0 Å². The summed E-state index contributed by atoms with van der Waals surface area (Å²) < 4.78 is 5.73. The monoisotopic (exact) mass is 508 g/mol. The zero-order valence-electron chi connectivity index (χ0n) is 21.2. The van der Waals surface area contributed by atoms with Crippen molar-refractivity contribution in [3.8, 4) is 16.9 Å². The van der Waals surface area contributed by atoms with Gasteiger partial charge in [-0.3, -0.25) is 19.6 Å². The number of hydrogen-bond acceptors (Lipinski definition) is 6. The Hall–Kier alpha value is -4.59. The van der Waals surface area contributed by atoms with Crippen LogP contribution in [0.2, 0.25) is 0 Å². The van der Waals surface area contributed by atoms with Crippen LogP contribution in [0.4, 0.5) is 0 Å². The maximum absolute atomic E-state index is 13.0. The van der Waals surface area contributed by atoms with E-state index in [4.69, 9.17) is 9.84 Å². The summed E-state index contributed by atoms with van der Waals surface area (Å²) in [6.45, 7) is 4.00. The molecule has 5 rings (SSSR count). The molecular weight excluding hydrogens is 480 g/mol. The Balaban J connectivity index is 1.40. The average molecular weight is 509 g/mol. The average Bonchev–Trinajstić information content (AvgIpc) is 3.37. The molecule has 0 spiro atoms. The lowest BCUT2D eigenvalue weighted by atomic mass is 9.96. The van der Waals surface area contributed by atoms with Crippen LogP contribution < -0.4 is 4.74 Å². The van der Waals surface area contributed by atoms with Crippen LogP contribution in [0.3, 0.4) is 0 Å². The second-order valence-electron chi connectivity index (χ2n) is 9.47. The van der Waals surface area contributed by atoms with Gasteiger partial charge in [0, 0.05) is 25.2 Å². The molecule has 1 amide bonds. The highest BCUT2D eigenvalue weighted by Crippen LogP contribution is 2.35. The second kappa shape index (κ2) is 10.8. The molecule has 192 valence electrons. The van der Waals surface area contributed by atoms with Gasteiger partial charge in [-0.25, -0.2) is 5.01 Å². The molecule has 0 fully saturated rings. The first-order valence-corrected chi connectivity index (χ1v) is 12.6. The minimum Gasteiger partial charge on any atom is -0.491 e. The molecule has 0 radical (unpaired) electrons. The lowest BCUT2D eigenvalue weighted by Crippen LogP contribution is -2.27. The molecule has 1 atom stereocenters. The zero-order valence-corrected chi connectivity index (χ0v) is 21.2. The van der Waals surface area contributed by atoms with E-state index < -0.39 is 5.97 Å². The summed E-state index contributed by atoms with van der Waals surface area (Å²) in [7, 11) is 0. The van der Waals surface area contributed by atoms with Gasteiger partial charge in [-0.05, 0) is 60.4 Å². The number of carboxylic acid groups (broad SMARTS) is 1. The zero-order chi connectivity index (χ0) is 26.6. The minimum absolute atomic E-state index is 0.120. The summed E-state index contributed by atoms with van der Waals surface area (Å²) >= 11 is 0. The molecule has 0 aliphatic carbocycles. The number of benzene rings is 3. The van der Waals surface area contributed by atoms with Crippen molar-refractivity contribution in [1.82, 2.24) is 15.0 Å². The number of ether oxygens (including phenoxy) is 1. The highest BCUT2D eigenvalue weighted by Gasteiger charge is 2.33. The Kier molecular flexibility index (Phi) is 7.13. The fourth-order valence-electron chi connectivity index (χ4n) is 4.54. The van der Waals surface area contributed by atoms with Crippen LogP contribution in [0.25, 0.3) is 22.2 Å². The van der Waals surface area contributed by atoms with Crippen LogP contribution >= 0.6 is 0 Å². The summed E-state index contributed by atoms with van der Waals surface area (Å²) in [5.74, 6) is -0.510. The molecule has 4 aromatic rings. The molecule has 1 aromatic heterocycles. The predicted molar refractivity (Wildman–Crippen MR) is 145 cm³/mol. The van der Waals surface area contributed by atoms with Crippen molar-refractivity contribution in [1.29, 1.82) is 0 Å². The highest BCUT2D eigenvalue weighted by atomic mass is 16.5. The van der Waals surface area contributed by atoms with Crippen LogP contribution in [0.15, 0.2) is 84.2 Å². The molecule has 1 N–H and O–H groups in total.